The van der Waals surface area contributed by atoms with E-state index in [0.29, 0.717) is 0 Å². The van der Waals surface area contributed by atoms with E-state index in [0.717, 1.165) is 21.1 Å². The second-order valence-corrected chi connectivity index (χ2v) is 8.28. The molecule has 2 unspecified atom stereocenters. The molecule has 3 atom stereocenters. The predicted molar refractivity (Wildman–Crippen MR) is 88.9 cm³/mol. The first-order valence-electron chi connectivity index (χ1n) is 6.60. The van der Waals surface area contributed by atoms with Gasteiger partial charge in [0.1, 0.15) is 0 Å². The highest BCUT2D eigenvalue weighted by Gasteiger charge is 2.31. The molecular weight excluding hydrogens is 258 g/mol. The van der Waals surface area contributed by atoms with E-state index in [9.17, 15) is 5.11 Å². The lowest BCUT2D eigenvalue weighted by Crippen LogP contribution is -2.28. The Kier molecular flexibility index (Phi) is 6.25. The molecule has 0 heterocycles. The van der Waals surface area contributed by atoms with Crippen LogP contribution in [0.1, 0.15) is 40.5 Å². The number of hydrogen-bond donors (Lipinski definition) is 1. The highest BCUT2D eigenvalue weighted by Crippen LogP contribution is 2.41. The highest BCUT2D eigenvalue weighted by atomic mass is 32.0. The van der Waals surface area contributed by atoms with Crippen LogP contribution < -0.4 is 0 Å². The van der Waals surface area contributed by atoms with Crippen molar-refractivity contribution in [2.45, 2.75) is 46.6 Å². The molecule has 0 fully saturated rings. The van der Waals surface area contributed by atoms with E-state index in [-0.39, 0.29) is 11.5 Å². The molecule has 1 aliphatic rings. The number of aliphatic hydroxyl groups excluding tert-OH is 1. The Morgan fingerprint density at radius 1 is 1.56 bits per heavy atom. The zero-order valence-corrected chi connectivity index (χ0v) is 14.5. The molecule has 0 radical (unpaired) electrons. The molecule has 0 aromatic heterocycles. The van der Waals surface area contributed by atoms with Crippen LogP contribution in [0.25, 0.3) is 0 Å². The van der Waals surface area contributed by atoms with Crippen molar-refractivity contribution in [3.8, 4) is 0 Å². The summed E-state index contributed by atoms with van der Waals surface area (Å²) >= 11 is 0. The Labute approximate surface area is 116 Å². The normalized spacial score (nSPS) is 25.8. The zero-order valence-electron chi connectivity index (χ0n) is 12.1. The van der Waals surface area contributed by atoms with Crippen LogP contribution in [-0.2, 0) is 0 Å². The highest BCUT2D eigenvalue weighted by molar-refractivity contribution is 8.02. The molecule has 0 amide bonds. The first-order valence-corrected chi connectivity index (χ1v) is 10.1. The summed E-state index contributed by atoms with van der Waals surface area (Å²) in [5.74, 6) is 0. The molecule has 0 aliphatic heterocycles. The molecule has 1 N–H and O–H groups in total. The van der Waals surface area contributed by atoms with E-state index < -0.39 is 0 Å². The van der Waals surface area contributed by atoms with Gasteiger partial charge in [0.25, 0.3) is 0 Å². The van der Waals surface area contributed by atoms with Gasteiger partial charge in [0, 0.05) is 14.4 Å². The Morgan fingerprint density at radius 3 is 2.78 bits per heavy atom. The molecule has 0 aromatic rings. The summed E-state index contributed by atoms with van der Waals surface area (Å²) in [6, 6.07) is 0. The molecule has 1 aliphatic carbocycles. The Morgan fingerprint density at radius 2 is 2.22 bits per heavy atom. The topological polar surface area (TPSA) is 20.2 Å². The third kappa shape index (κ3) is 4.61. The molecule has 0 saturated heterocycles. The van der Waals surface area contributed by atoms with Crippen molar-refractivity contribution >= 4 is 17.2 Å². The van der Waals surface area contributed by atoms with Crippen molar-refractivity contribution in [3.05, 3.63) is 34.9 Å². The van der Waals surface area contributed by atoms with Crippen molar-refractivity contribution in [2.75, 3.05) is 6.16 Å². The van der Waals surface area contributed by atoms with Crippen LogP contribution in [0.5, 0.6) is 0 Å². The van der Waals surface area contributed by atoms with Gasteiger partial charge in [-0.1, -0.05) is 43.2 Å². The number of hydrogen-bond acceptors (Lipinski definition) is 1. The lowest BCUT2D eigenvalue weighted by molar-refractivity contribution is 0.116. The molecule has 0 aromatic carbocycles. The van der Waals surface area contributed by atoms with Crippen molar-refractivity contribution in [1.82, 2.24) is 0 Å². The van der Waals surface area contributed by atoms with Crippen LogP contribution >= 0.6 is 17.2 Å². The quantitative estimate of drug-likeness (QED) is 0.606. The van der Waals surface area contributed by atoms with Gasteiger partial charge in [-0.15, -0.1) is 0 Å². The smallest absolute Gasteiger partial charge is 0.0585 e. The van der Waals surface area contributed by atoms with E-state index in [1.54, 1.807) is 0 Å². The fourth-order valence-corrected chi connectivity index (χ4v) is 3.60. The standard InChI is InChI=1S/C15H26OP2/c1-11(7-8-18-17)5-6-14-12(2)9-13(16)10-15(14,3)4/h5-7,13,16,18H,8-10,17H2,1-4H3/p+1/b6-5+,11-7+/t13-/m0/s1. The van der Waals surface area contributed by atoms with Crippen LogP contribution in [0.3, 0.4) is 0 Å². The summed E-state index contributed by atoms with van der Waals surface area (Å²) in [6.07, 6.45) is 9.50. The second kappa shape index (κ2) is 6.99. The molecule has 1 rings (SSSR count). The monoisotopic (exact) mass is 285 g/mol. The summed E-state index contributed by atoms with van der Waals surface area (Å²) in [4.78, 5) is 0. The van der Waals surface area contributed by atoms with Gasteiger partial charge >= 0.3 is 0 Å². The maximum atomic E-state index is 9.86. The van der Waals surface area contributed by atoms with Crippen LogP contribution in [0.4, 0.5) is 0 Å². The Hall–Kier alpha value is 0.0400. The molecular formula is C15H27OP2+. The Balaban J connectivity index is 2.87. The van der Waals surface area contributed by atoms with Crippen molar-refractivity contribution in [3.63, 3.8) is 0 Å². The van der Waals surface area contributed by atoms with E-state index in [4.69, 9.17) is 0 Å². The number of rotatable bonds is 4. The van der Waals surface area contributed by atoms with Crippen LogP contribution in [0.15, 0.2) is 34.9 Å². The first kappa shape index (κ1) is 16.1. The molecule has 18 heavy (non-hydrogen) atoms. The van der Waals surface area contributed by atoms with Gasteiger partial charge in [-0.25, -0.2) is 0 Å². The fourth-order valence-electron chi connectivity index (χ4n) is 2.70. The van der Waals surface area contributed by atoms with Gasteiger partial charge in [-0.05, 0) is 46.6 Å². The second-order valence-electron chi connectivity index (χ2n) is 5.88. The van der Waals surface area contributed by atoms with Gasteiger partial charge < -0.3 is 5.11 Å². The van der Waals surface area contributed by atoms with Crippen molar-refractivity contribution in [2.24, 2.45) is 5.41 Å². The van der Waals surface area contributed by atoms with Gasteiger partial charge in [-0.3, -0.25) is 0 Å². The molecule has 0 bridgehead atoms. The largest absolute Gasteiger partial charge is 0.393 e. The van der Waals surface area contributed by atoms with Gasteiger partial charge in [0.2, 0.25) is 0 Å². The summed E-state index contributed by atoms with van der Waals surface area (Å²) < 4.78 is 0. The molecule has 3 heteroatoms. The summed E-state index contributed by atoms with van der Waals surface area (Å²) in [5, 5.41) is 9.86. The minimum Gasteiger partial charge on any atom is -0.393 e. The van der Waals surface area contributed by atoms with Gasteiger partial charge in [0.05, 0.1) is 6.10 Å². The van der Waals surface area contributed by atoms with E-state index in [2.05, 4.69) is 45.9 Å². The SMILES string of the molecule is CC1=C(/C=C/C(C)=C/CP[PH3+])C(C)(C)C[C@@H](O)C1. The summed E-state index contributed by atoms with van der Waals surface area (Å²) in [7, 11) is 3.06. The summed E-state index contributed by atoms with van der Waals surface area (Å²) in [5.41, 5.74) is 4.17. The average molecular weight is 285 g/mol. The summed E-state index contributed by atoms with van der Waals surface area (Å²) in [6.45, 7) is 8.77. The average Bonchev–Trinajstić information content (AvgIpc) is 2.23. The fraction of sp³-hybridized carbons (Fsp3) is 0.600. The lowest BCUT2D eigenvalue weighted by atomic mass is 9.71. The third-order valence-corrected chi connectivity index (χ3v) is 4.92. The van der Waals surface area contributed by atoms with E-state index in [1.165, 1.54) is 22.9 Å². The molecule has 0 saturated carbocycles. The predicted octanol–water partition coefficient (Wildman–Crippen LogP) is 4.19. The number of allylic oxidation sites excluding steroid dienone is 5. The zero-order chi connectivity index (χ0) is 13.8. The Bertz CT molecular complexity index is 378. The minimum atomic E-state index is -0.170. The third-order valence-electron chi connectivity index (χ3n) is 3.56. The maximum Gasteiger partial charge on any atom is 0.0585 e. The van der Waals surface area contributed by atoms with Gasteiger partial charge in [-0.2, -0.15) is 0 Å². The van der Waals surface area contributed by atoms with Crippen LogP contribution in [0.2, 0.25) is 0 Å². The van der Waals surface area contributed by atoms with E-state index >= 15 is 0 Å². The van der Waals surface area contributed by atoms with Gasteiger partial charge in [0.15, 0.2) is 0 Å². The first-order chi connectivity index (χ1) is 8.36. The lowest BCUT2D eigenvalue weighted by Gasteiger charge is -2.35. The van der Waals surface area contributed by atoms with Crippen molar-refractivity contribution < 1.29 is 5.11 Å². The van der Waals surface area contributed by atoms with Crippen LogP contribution in [0, 0.1) is 5.41 Å². The number of aliphatic hydroxyl groups is 1. The molecule has 0 spiro atoms. The minimum absolute atomic E-state index is 0.0897. The maximum absolute atomic E-state index is 9.86. The van der Waals surface area contributed by atoms with E-state index in [1.807, 2.05) is 8.93 Å². The van der Waals surface area contributed by atoms with Crippen molar-refractivity contribution in [1.29, 1.82) is 0 Å². The molecule has 102 valence electrons. The molecule has 1 nitrogen and oxygen atoms in total. The van der Waals surface area contributed by atoms with Crippen LogP contribution in [-0.4, -0.2) is 17.4 Å².